The Morgan fingerprint density at radius 2 is 1.93 bits per heavy atom. The number of rotatable bonds is 5. The minimum absolute atomic E-state index is 0.176. The molecule has 1 rings (SSSR count). The van der Waals surface area contributed by atoms with Gasteiger partial charge in [-0.1, -0.05) is 56.3 Å². The molecule has 1 nitrogen and oxygen atoms in total. The maximum atomic E-state index is 9.59. The first-order chi connectivity index (χ1) is 7.24. The fourth-order valence-corrected chi connectivity index (χ4v) is 1.54. The van der Waals surface area contributed by atoms with E-state index in [9.17, 15) is 5.11 Å². The van der Waals surface area contributed by atoms with Gasteiger partial charge in [-0.15, -0.1) is 0 Å². The maximum Gasteiger partial charge on any atom is 0.0566 e. The highest BCUT2D eigenvalue weighted by Gasteiger charge is 2.09. The van der Waals surface area contributed by atoms with Crippen molar-refractivity contribution in [2.24, 2.45) is 5.92 Å². The smallest absolute Gasteiger partial charge is 0.0566 e. The first kappa shape index (κ1) is 12.0. The molecule has 0 aliphatic heterocycles. The third-order valence-corrected chi connectivity index (χ3v) is 2.69. The molecule has 2 atom stereocenters. The van der Waals surface area contributed by atoms with Crippen LogP contribution in [0.2, 0.25) is 0 Å². The van der Waals surface area contributed by atoms with Crippen LogP contribution in [0.15, 0.2) is 36.4 Å². The Hall–Kier alpha value is -1.08. The predicted octanol–water partition coefficient (Wildman–Crippen LogP) is 3.50. The molecular weight excluding hydrogens is 184 g/mol. The van der Waals surface area contributed by atoms with Gasteiger partial charge in [-0.2, -0.15) is 0 Å². The Labute approximate surface area is 92.5 Å². The van der Waals surface area contributed by atoms with Crippen molar-refractivity contribution in [2.75, 3.05) is 0 Å². The second-order valence-electron chi connectivity index (χ2n) is 4.00. The molecule has 1 N–H and O–H groups in total. The maximum absolute atomic E-state index is 9.59. The van der Waals surface area contributed by atoms with Gasteiger partial charge in [-0.05, 0) is 24.3 Å². The van der Waals surface area contributed by atoms with E-state index >= 15 is 0 Å². The highest BCUT2D eigenvalue weighted by molar-refractivity contribution is 5.48. The zero-order chi connectivity index (χ0) is 11.1. The quantitative estimate of drug-likeness (QED) is 0.778. The average Bonchev–Trinajstić information content (AvgIpc) is 2.29. The summed E-state index contributed by atoms with van der Waals surface area (Å²) < 4.78 is 0. The largest absolute Gasteiger partial charge is 0.393 e. The highest BCUT2D eigenvalue weighted by Crippen LogP contribution is 2.12. The normalized spacial score (nSPS) is 15.4. The zero-order valence-electron chi connectivity index (χ0n) is 9.56. The van der Waals surface area contributed by atoms with Crippen molar-refractivity contribution in [2.45, 2.75) is 32.8 Å². The Bertz CT molecular complexity index is 289. The Kier molecular flexibility index (Phi) is 5.13. The van der Waals surface area contributed by atoms with Crippen LogP contribution < -0.4 is 0 Å². The van der Waals surface area contributed by atoms with Crippen LogP contribution in [0.25, 0.3) is 6.08 Å². The first-order valence-electron chi connectivity index (χ1n) is 5.63. The number of allylic oxidation sites excluding steroid dienone is 1. The van der Waals surface area contributed by atoms with Gasteiger partial charge in [0.15, 0.2) is 0 Å². The Balaban J connectivity index is 2.40. The van der Waals surface area contributed by atoms with Crippen molar-refractivity contribution < 1.29 is 5.11 Å². The number of hydrogen-bond acceptors (Lipinski definition) is 1. The van der Waals surface area contributed by atoms with Gasteiger partial charge in [0.25, 0.3) is 0 Å². The second kappa shape index (κ2) is 6.41. The van der Waals surface area contributed by atoms with Gasteiger partial charge in [0.05, 0.1) is 6.10 Å². The van der Waals surface area contributed by atoms with E-state index in [1.165, 1.54) is 5.56 Å². The minimum Gasteiger partial charge on any atom is -0.393 e. The molecule has 0 radical (unpaired) electrons. The second-order valence-corrected chi connectivity index (χ2v) is 4.00. The van der Waals surface area contributed by atoms with Gasteiger partial charge >= 0.3 is 0 Å². The number of benzene rings is 1. The van der Waals surface area contributed by atoms with E-state index in [1.54, 1.807) is 0 Å². The lowest BCUT2D eigenvalue weighted by molar-refractivity contribution is 0.114. The molecule has 0 saturated carbocycles. The summed E-state index contributed by atoms with van der Waals surface area (Å²) in [5.74, 6) is 0.343. The fraction of sp³-hybridized carbons (Fsp3) is 0.429. The number of hydrogen-bond donors (Lipinski definition) is 1. The van der Waals surface area contributed by atoms with Crippen LogP contribution in [-0.2, 0) is 0 Å². The summed E-state index contributed by atoms with van der Waals surface area (Å²) in [5.41, 5.74) is 1.22. The molecule has 1 heteroatoms. The van der Waals surface area contributed by atoms with Crippen LogP contribution in [0.3, 0.4) is 0 Å². The van der Waals surface area contributed by atoms with Crippen molar-refractivity contribution in [3.8, 4) is 0 Å². The summed E-state index contributed by atoms with van der Waals surface area (Å²) >= 11 is 0. The fourth-order valence-electron chi connectivity index (χ4n) is 1.54. The molecule has 2 unspecified atom stereocenters. The van der Waals surface area contributed by atoms with Crippen LogP contribution in [0.5, 0.6) is 0 Å². The molecule has 0 saturated heterocycles. The molecule has 0 spiro atoms. The summed E-state index contributed by atoms with van der Waals surface area (Å²) in [6.07, 6.45) is 5.84. The topological polar surface area (TPSA) is 20.2 Å². The molecule has 0 aliphatic rings. The average molecular weight is 204 g/mol. The molecular formula is C14H20O. The summed E-state index contributed by atoms with van der Waals surface area (Å²) in [6.45, 7) is 4.10. The highest BCUT2D eigenvalue weighted by atomic mass is 16.3. The van der Waals surface area contributed by atoms with E-state index in [0.717, 1.165) is 12.8 Å². The van der Waals surface area contributed by atoms with Crippen molar-refractivity contribution in [1.82, 2.24) is 0 Å². The third kappa shape index (κ3) is 4.30. The molecule has 0 amide bonds. The van der Waals surface area contributed by atoms with E-state index in [-0.39, 0.29) is 6.10 Å². The summed E-state index contributed by atoms with van der Waals surface area (Å²) in [5, 5.41) is 9.59. The molecule has 0 bridgehead atoms. The van der Waals surface area contributed by atoms with Crippen molar-refractivity contribution in [3.63, 3.8) is 0 Å². The molecule has 1 aromatic rings. The lowest BCUT2D eigenvalue weighted by Gasteiger charge is -2.14. The summed E-state index contributed by atoms with van der Waals surface area (Å²) in [6, 6.07) is 10.2. The summed E-state index contributed by atoms with van der Waals surface area (Å²) in [7, 11) is 0. The van der Waals surface area contributed by atoms with Gasteiger partial charge in [0, 0.05) is 0 Å². The Morgan fingerprint density at radius 1 is 1.27 bits per heavy atom. The van der Waals surface area contributed by atoms with Crippen LogP contribution in [0, 0.1) is 5.92 Å². The molecule has 82 valence electrons. The van der Waals surface area contributed by atoms with Crippen LogP contribution in [0.4, 0.5) is 0 Å². The van der Waals surface area contributed by atoms with E-state index in [0.29, 0.717) is 5.92 Å². The van der Waals surface area contributed by atoms with Gasteiger partial charge in [0.1, 0.15) is 0 Å². The van der Waals surface area contributed by atoms with Gasteiger partial charge in [0.2, 0.25) is 0 Å². The van der Waals surface area contributed by atoms with E-state index in [4.69, 9.17) is 0 Å². The van der Waals surface area contributed by atoms with Gasteiger partial charge < -0.3 is 5.11 Å². The molecule has 15 heavy (non-hydrogen) atoms. The van der Waals surface area contributed by atoms with E-state index in [1.807, 2.05) is 25.1 Å². The molecule has 0 heterocycles. The minimum atomic E-state index is -0.176. The van der Waals surface area contributed by atoms with Crippen molar-refractivity contribution >= 4 is 6.08 Å². The van der Waals surface area contributed by atoms with Crippen LogP contribution in [-0.4, -0.2) is 11.2 Å². The van der Waals surface area contributed by atoms with Crippen molar-refractivity contribution in [1.29, 1.82) is 0 Å². The Morgan fingerprint density at radius 3 is 2.53 bits per heavy atom. The third-order valence-electron chi connectivity index (χ3n) is 2.69. The van der Waals surface area contributed by atoms with Gasteiger partial charge in [-0.25, -0.2) is 0 Å². The summed E-state index contributed by atoms with van der Waals surface area (Å²) in [4.78, 5) is 0. The van der Waals surface area contributed by atoms with Gasteiger partial charge in [-0.3, -0.25) is 0 Å². The zero-order valence-corrected chi connectivity index (χ0v) is 9.56. The lowest BCUT2D eigenvalue weighted by atomic mass is 9.98. The van der Waals surface area contributed by atoms with Crippen LogP contribution in [0.1, 0.15) is 32.3 Å². The van der Waals surface area contributed by atoms with Crippen LogP contribution >= 0.6 is 0 Å². The molecule has 0 aromatic heterocycles. The first-order valence-corrected chi connectivity index (χ1v) is 5.63. The number of aliphatic hydroxyl groups excluding tert-OH is 1. The standard InChI is InChI=1S/C14H20O/c1-3-14(15)12(2)8-7-11-13-9-5-4-6-10-13/h4-7,9-12,14-15H,3,8H2,1-2H3. The van der Waals surface area contributed by atoms with E-state index < -0.39 is 0 Å². The van der Waals surface area contributed by atoms with E-state index in [2.05, 4.69) is 31.2 Å². The molecule has 1 aromatic carbocycles. The predicted molar refractivity (Wildman–Crippen MR) is 65.6 cm³/mol. The number of aliphatic hydroxyl groups is 1. The SMILES string of the molecule is CCC(O)C(C)CC=Cc1ccccc1. The monoisotopic (exact) mass is 204 g/mol. The molecule has 0 fully saturated rings. The molecule has 0 aliphatic carbocycles. The van der Waals surface area contributed by atoms with Crippen molar-refractivity contribution in [3.05, 3.63) is 42.0 Å². The lowest BCUT2D eigenvalue weighted by Crippen LogP contribution is -2.15.